The van der Waals surface area contributed by atoms with Gasteiger partial charge in [0.15, 0.2) is 0 Å². The number of rotatable bonds is 4. The molecule has 1 saturated heterocycles. The summed E-state index contributed by atoms with van der Waals surface area (Å²) in [7, 11) is 1.85. The third kappa shape index (κ3) is 3.47. The van der Waals surface area contributed by atoms with E-state index < -0.39 is 6.17 Å². The van der Waals surface area contributed by atoms with Gasteiger partial charge in [0.05, 0.1) is 0 Å². The van der Waals surface area contributed by atoms with Gasteiger partial charge in [-0.2, -0.15) is 0 Å². The van der Waals surface area contributed by atoms with Gasteiger partial charge >= 0.3 is 0 Å². The minimum absolute atomic E-state index is 0.557. The highest BCUT2D eigenvalue weighted by atomic mass is 19.1. The first kappa shape index (κ1) is 9.89. The Kier molecular flexibility index (Phi) is 4.50. The van der Waals surface area contributed by atoms with Gasteiger partial charge in [-0.25, -0.2) is 4.39 Å². The molecule has 0 atom stereocenters. The lowest BCUT2D eigenvalue weighted by atomic mass is 10.1. The van der Waals surface area contributed by atoms with Crippen molar-refractivity contribution >= 4 is 0 Å². The summed E-state index contributed by atoms with van der Waals surface area (Å²) in [5.41, 5.74) is 5.89. The number of hydrogen-bond acceptors (Lipinski definition) is 3. The monoisotopic (exact) mass is 175 g/mol. The summed E-state index contributed by atoms with van der Waals surface area (Å²) < 4.78 is 12.7. The molecule has 0 amide bonds. The normalized spacial score (nSPS) is 21.5. The Labute approximate surface area is 73.3 Å². The first-order valence-electron chi connectivity index (χ1n) is 4.59. The number of hydrazine groups is 1. The van der Waals surface area contributed by atoms with Crippen LogP contribution in [0.3, 0.4) is 0 Å². The predicted molar refractivity (Wildman–Crippen MR) is 47.6 cm³/mol. The van der Waals surface area contributed by atoms with Crippen molar-refractivity contribution < 1.29 is 4.39 Å². The molecule has 0 aromatic carbocycles. The summed E-state index contributed by atoms with van der Waals surface area (Å²) >= 11 is 0. The molecule has 0 spiro atoms. The molecule has 3 nitrogen and oxygen atoms in total. The van der Waals surface area contributed by atoms with Crippen LogP contribution in [0.2, 0.25) is 0 Å². The Balaban J connectivity index is 2.01. The van der Waals surface area contributed by atoms with Crippen molar-refractivity contribution in [2.45, 2.75) is 19.0 Å². The molecule has 1 fully saturated rings. The molecule has 12 heavy (non-hydrogen) atoms. The first-order valence-corrected chi connectivity index (χ1v) is 4.59. The van der Waals surface area contributed by atoms with Crippen LogP contribution < -0.4 is 10.9 Å². The van der Waals surface area contributed by atoms with E-state index >= 15 is 0 Å². The highest BCUT2D eigenvalue weighted by Crippen LogP contribution is 2.11. The van der Waals surface area contributed by atoms with E-state index in [1.54, 1.807) is 0 Å². The second kappa shape index (κ2) is 5.45. The summed E-state index contributed by atoms with van der Waals surface area (Å²) in [5.74, 6) is 0. The Morgan fingerprint density at radius 3 is 2.67 bits per heavy atom. The summed E-state index contributed by atoms with van der Waals surface area (Å²) in [6.45, 7) is 3.75. The Morgan fingerprint density at radius 1 is 1.42 bits per heavy atom. The molecular weight excluding hydrogens is 157 g/mol. The molecule has 0 aliphatic carbocycles. The fourth-order valence-corrected chi connectivity index (χ4v) is 1.46. The largest absolute Gasteiger partial charge is 0.302 e. The molecule has 0 radical (unpaired) electrons. The van der Waals surface area contributed by atoms with Crippen LogP contribution in [0, 0.1) is 0 Å². The van der Waals surface area contributed by atoms with Gasteiger partial charge < -0.3 is 4.90 Å². The zero-order chi connectivity index (χ0) is 8.81. The average Bonchev–Trinajstić information content (AvgIpc) is 2.09. The highest BCUT2D eigenvalue weighted by molar-refractivity contribution is 4.71. The maximum atomic E-state index is 12.7. The van der Waals surface area contributed by atoms with Gasteiger partial charge in [-0.05, 0) is 19.9 Å². The van der Waals surface area contributed by atoms with Crippen molar-refractivity contribution in [3.63, 3.8) is 0 Å². The molecule has 0 aromatic rings. The summed E-state index contributed by atoms with van der Waals surface area (Å²) in [6.07, 6.45) is 0.859. The van der Waals surface area contributed by atoms with Crippen LogP contribution in [-0.2, 0) is 0 Å². The van der Waals surface area contributed by atoms with Crippen molar-refractivity contribution in [3.05, 3.63) is 0 Å². The fourth-order valence-electron chi connectivity index (χ4n) is 1.46. The molecule has 72 valence electrons. The Hall–Kier alpha value is -0.190. The number of hydrogen-bond donors (Lipinski definition) is 2. The maximum Gasteiger partial charge on any atom is 0.103 e. The highest BCUT2D eigenvalue weighted by Gasteiger charge is 2.17. The summed E-state index contributed by atoms with van der Waals surface area (Å²) in [6, 6.07) is 0. The minimum atomic E-state index is -0.557. The number of piperidine rings is 1. The molecule has 0 bridgehead atoms. The van der Waals surface area contributed by atoms with Gasteiger partial charge in [0, 0.05) is 26.2 Å². The standard InChI is InChI=1S/C8H18FN3/c1-10-11-4-7-12-5-2-8(9)3-6-12/h8,10-11H,2-7H2,1H3. The van der Waals surface area contributed by atoms with Crippen LogP contribution in [-0.4, -0.2) is 44.3 Å². The van der Waals surface area contributed by atoms with E-state index in [1.165, 1.54) is 0 Å². The van der Waals surface area contributed by atoms with Crippen LogP contribution in [0.25, 0.3) is 0 Å². The van der Waals surface area contributed by atoms with Crippen molar-refractivity contribution in [2.24, 2.45) is 0 Å². The molecule has 1 heterocycles. The van der Waals surface area contributed by atoms with E-state index in [1.807, 2.05) is 7.05 Å². The van der Waals surface area contributed by atoms with Crippen molar-refractivity contribution in [1.82, 2.24) is 15.8 Å². The van der Waals surface area contributed by atoms with Crippen LogP contribution in [0.15, 0.2) is 0 Å². The lowest BCUT2D eigenvalue weighted by Crippen LogP contribution is -2.41. The number of nitrogens with one attached hydrogen (secondary N) is 2. The van der Waals surface area contributed by atoms with Gasteiger partial charge in [-0.3, -0.25) is 10.9 Å². The molecule has 1 aliphatic heterocycles. The maximum absolute atomic E-state index is 12.7. The SMILES string of the molecule is CNNCCN1CCC(F)CC1. The van der Waals surface area contributed by atoms with E-state index in [0.29, 0.717) is 12.8 Å². The van der Waals surface area contributed by atoms with Crippen LogP contribution >= 0.6 is 0 Å². The average molecular weight is 175 g/mol. The van der Waals surface area contributed by atoms with E-state index in [9.17, 15) is 4.39 Å². The second-order valence-corrected chi connectivity index (χ2v) is 3.19. The third-order valence-corrected chi connectivity index (χ3v) is 2.25. The number of nitrogens with zero attached hydrogens (tertiary/aromatic N) is 1. The molecule has 0 saturated carbocycles. The summed E-state index contributed by atoms with van der Waals surface area (Å²) in [5, 5.41) is 0. The second-order valence-electron chi connectivity index (χ2n) is 3.19. The fraction of sp³-hybridized carbons (Fsp3) is 1.00. The van der Waals surface area contributed by atoms with E-state index in [0.717, 1.165) is 26.2 Å². The molecule has 0 unspecified atom stereocenters. The van der Waals surface area contributed by atoms with Crippen LogP contribution in [0.1, 0.15) is 12.8 Å². The topological polar surface area (TPSA) is 27.3 Å². The van der Waals surface area contributed by atoms with E-state index in [2.05, 4.69) is 15.8 Å². The van der Waals surface area contributed by atoms with Crippen molar-refractivity contribution in [2.75, 3.05) is 33.2 Å². The number of alkyl halides is 1. The molecule has 1 aliphatic rings. The van der Waals surface area contributed by atoms with Gasteiger partial charge in [-0.15, -0.1) is 0 Å². The summed E-state index contributed by atoms with van der Waals surface area (Å²) in [4.78, 5) is 2.29. The molecule has 4 heteroatoms. The van der Waals surface area contributed by atoms with E-state index in [-0.39, 0.29) is 0 Å². The van der Waals surface area contributed by atoms with Gasteiger partial charge in [0.1, 0.15) is 6.17 Å². The van der Waals surface area contributed by atoms with E-state index in [4.69, 9.17) is 0 Å². The predicted octanol–water partition coefficient (Wildman–Crippen LogP) is 0.144. The molecule has 0 aromatic heterocycles. The zero-order valence-electron chi connectivity index (χ0n) is 7.65. The molecular formula is C8H18FN3. The minimum Gasteiger partial charge on any atom is -0.302 e. The Bertz CT molecular complexity index is 113. The molecule has 2 N–H and O–H groups in total. The Morgan fingerprint density at radius 2 is 2.08 bits per heavy atom. The molecule has 1 rings (SSSR count). The van der Waals surface area contributed by atoms with Crippen LogP contribution in [0.4, 0.5) is 4.39 Å². The van der Waals surface area contributed by atoms with Gasteiger partial charge in [0.2, 0.25) is 0 Å². The third-order valence-electron chi connectivity index (χ3n) is 2.25. The van der Waals surface area contributed by atoms with Crippen LogP contribution in [0.5, 0.6) is 0 Å². The smallest absolute Gasteiger partial charge is 0.103 e. The number of likely N-dealkylation sites (tertiary alicyclic amines) is 1. The van der Waals surface area contributed by atoms with Crippen molar-refractivity contribution in [3.8, 4) is 0 Å². The first-order chi connectivity index (χ1) is 5.83. The lowest BCUT2D eigenvalue weighted by molar-refractivity contribution is 0.150. The van der Waals surface area contributed by atoms with Gasteiger partial charge in [0.25, 0.3) is 0 Å². The lowest BCUT2D eigenvalue weighted by Gasteiger charge is -2.28. The van der Waals surface area contributed by atoms with Crippen molar-refractivity contribution in [1.29, 1.82) is 0 Å². The zero-order valence-corrected chi connectivity index (χ0v) is 7.65. The number of halogens is 1. The quantitative estimate of drug-likeness (QED) is 0.470. The van der Waals surface area contributed by atoms with Gasteiger partial charge in [-0.1, -0.05) is 0 Å².